The summed E-state index contributed by atoms with van der Waals surface area (Å²) in [5, 5.41) is 2.92. The van der Waals surface area contributed by atoms with Crippen molar-refractivity contribution in [1.82, 2.24) is 5.32 Å². The molecule has 0 aromatic heterocycles. The van der Waals surface area contributed by atoms with Gasteiger partial charge in [-0.1, -0.05) is 6.07 Å². The smallest absolute Gasteiger partial charge is 0.267 e. The molecular weight excluding hydrogens is 268 g/mol. The normalized spacial score (nSPS) is 18.0. The fraction of sp³-hybridized carbons (Fsp3) is 0.500. The number of benzene rings is 1. The zero-order valence-electron chi connectivity index (χ0n) is 13.2. The van der Waals surface area contributed by atoms with Crippen LogP contribution >= 0.6 is 0 Å². The molecule has 1 unspecified atom stereocenters. The Labute approximate surface area is 125 Å². The summed E-state index contributed by atoms with van der Waals surface area (Å²) >= 11 is 0. The number of fused-ring (bicyclic) bond motifs is 1. The second kappa shape index (κ2) is 5.39. The Morgan fingerprint density at radius 1 is 1.38 bits per heavy atom. The maximum absolute atomic E-state index is 12.0. The Balaban J connectivity index is 2.18. The second-order valence-corrected chi connectivity index (χ2v) is 6.43. The summed E-state index contributed by atoms with van der Waals surface area (Å²) in [6.45, 7) is 7.56. The van der Waals surface area contributed by atoms with Gasteiger partial charge in [-0.2, -0.15) is 0 Å². The van der Waals surface area contributed by atoms with Crippen LogP contribution in [0.3, 0.4) is 0 Å². The number of ether oxygens (including phenoxy) is 1. The molecule has 21 heavy (non-hydrogen) atoms. The Bertz CT molecular complexity index is 575. The van der Waals surface area contributed by atoms with E-state index in [4.69, 9.17) is 4.74 Å². The van der Waals surface area contributed by atoms with Gasteiger partial charge in [0.05, 0.1) is 12.1 Å². The summed E-state index contributed by atoms with van der Waals surface area (Å²) < 4.78 is 5.56. The van der Waals surface area contributed by atoms with Crippen LogP contribution in [0.1, 0.15) is 33.3 Å². The number of nitrogens with one attached hydrogen (secondary N) is 1. The van der Waals surface area contributed by atoms with Gasteiger partial charge in [0, 0.05) is 12.6 Å². The predicted molar refractivity (Wildman–Crippen MR) is 81.5 cm³/mol. The number of anilines is 1. The van der Waals surface area contributed by atoms with Gasteiger partial charge in [-0.25, -0.2) is 0 Å². The standard InChI is InChI=1S/C16H22N2O3/c1-10-15(20)18(5)12-8-11(6-7-13(12)21-10)9-14(19)17-16(2,3)4/h6-8,10H,9H2,1-5H3,(H,17,19). The molecule has 0 fully saturated rings. The highest BCUT2D eigenvalue weighted by Gasteiger charge is 2.29. The lowest BCUT2D eigenvalue weighted by Crippen LogP contribution is -2.42. The summed E-state index contributed by atoms with van der Waals surface area (Å²) in [5.74, 6) is 0.546. The first-order valence-electron chi connectivity index (χ1n) is 7.05. The van der Waals surface area contributed by atoms with Crippen LogP contribution < -0.4 is 15.0 Å². The van der Waals surface area contributed by atoms with Crippen molar-refractivity contribution in [3.63, 3.8) is 0 Å². The first-order valence-corrected chi connectivity index (χ1v) is 7.05. The largest absolute Gasteiger partial charge is 0.479 e. The number of hydrogen-bond donors (Lipinski definition) is 1. The highest BCUT2D eigenvalue weighted by molar-refractivity contribution is 5.99. The summed E-state index contributed by atoms with van der Waals surface area (Å²) in [5.41, 5.74) is 1.31. The van der Waals surface area contributed by atoms with Crippen LogP contribution in [0, 0.1) is 0 Å². The molecule has 1 aromatic carbocycles. The molecule has 1 heterocycles. The van der Waals surface area contributed by atoms with E-state index in [1.807, 2.05) is 39.0 Å². The molecule has 0 radical (unpaired) electrons. The van der Waals surface area contributed by atoms with Gasteiger partial charge in [0.15, 0.2) is 6.10 Å². The molecule has 0 spiro atoms. The highest BCUT2D eigenvalue weighted by atomic mass is 16.5. The van der Waals surface area contributed by atoms with Crippen LogP contribution in [-0.4, -0.2) is 30.5 Å². The monoisotopic (exact) mass is 290 g/mol. The number of nitrogens with zero attached hydrogens (tertiary/aromatic N) is 1. The first-order chi connectivity index (χ1) is 9.67. The minimum atomic E-state index is -0.475. The van der Waals surface area contributed by atoms with Crippen LogP contribution in [-0.2, 0) is 16.0 Å². The topological polar surface area (TPSA) is 58.6 Å². The molecule has 0 aliphatic carbocycles. The van der Waals surface area contributed by atoms with Crippen molar-refractivity contribution in [2.75, 3.05) is 11.9 Å². The molecule has 1 atom stereocenters. The number of carbonyl (C=O) groups excluding carboxylic acids is 2. The van der Waals surface area contributed by atoms with Crippen molar-refractivity contribution in [2.24, 2.45) is 0 Å². The molecule has 114 valence electrons. The van der Waals surface area contributed by atoms with E-state index < -0.39 is 6.10 Å². The van der Waals surface area contributed by atoms with Gasteiger partial charge < -0.3 is 15.0 Å². The Morgan fingerprint density at radius 3 is 2.67 bits per heavy atom. The summed E-state index contributed by atoms with van der Waals surface area (Å²) in [7, 11) is 1.72. The van der Waals surface area contributed by atoms with Gasteiger partial charge in [0.25, 0.3) is 5.91 Å². The van der Waals surface area contributed by atoms with E-state index in [2.05, 4.69) is 5.32 Å². The average Bonchev–Trinajstić information content (AvgIpc) is 2.35. The van der Waals surface area contributed by atoms with Gasteiger partial charge in [-0.15, -0.1) is 0 Å². The summed E-state index contributed by atoms with van der Waals surface area (Å²) in [6.07, 6.45) is -0.195. The van der Waals surface area contributed by atoms with Crippen LogP contribution in [0.25, 0.3) is 0 Å². The molecule has 1 aliphatic rings. The van der Waals surface area contributed by atoms with Crippen LogP contribution in [0.15, 0.2) is 18.2 Å². The van der Waals surface area contributed by atoms with E-state index in [1.54, 1.807) is 18.9 Å². The SMILES string of the molecule is CC1Oc2ccc(CC(=O)NC(C)(C)C)cc2N(C)C1=O. The van der Waals surface area contributed by atoms with Gasteiger partial charge in [-0.3, -0.25) is 9.59 Å². The van der Waals surface area contributed by atoms with Crippen LogP contribution in [0.5, 0.6) is 5.75 Å². The molecule has 1 aromatic rings. The number of hydrogen-bond acceptors (Lipinski definition) is 3. The third-order valence-corrected chi connectivity index (χ3v) is 3.25. The molecule has 0 saturated heterocycles. The van der Waals surface area contributed by atoms with E-state index in [9.17, 15) is 9.59 Å². The van der Waals surface area contributed by atoms with Crippen molar-refractivity contribution in [3.05, 3.63) is 23.8 Å². The van der Waals surface area contributed by atoms with E-state index in [0.717, 1.165) is 5.56 Å². The van der Waals surface area contributed by atoms with E-state index >= 15 is 0 Å². The molecule has 2 amide bonds. The first kappa shape index (κ1) is 15.4. The molecule has 5 heteroatoms. The van der Waals surface area contributed by atoms with Crippen molar-refractivity contribution < 1.29 is 14.3 Å². The zero-order valence-corrected chi connectivity index (χ0v) is 13.2. The average molecular weight is 290 g/mol. The maximum atomic E-state index is 12.0. The quantitative estimate of drug-likeness (QED) is 0.905. The second-order valence-electron chi connectivity index (χ2n) is 6.43. The number of likely N-dealkylation sites (N-methyl/N-ethyl adjacent to an activating group) is 1. The highest BCUT2D eigenvalue weighted by Crippen LogP contribution is 2.34. The van der Waals surface area contributed by atoms with E-state index in [1.165, 1.54) is 0 Å². The Kier molecular flexibility index (Phi) is 3.94. The van der Waals surface area contributed by atoms with Gasteiger partial charge in [0.2, 0.25) is 5.91 Å². The Hall–Kier alpha value is -2.04. The summed E-state index contributed by atoms with van der Waals surface area (Å²) in [4.78, 5) is 25.5. The lowest BCUT2D eigenvalue weighted by molar-refractivity contribution is -0.125. The number of rotatable bonds is 2. The molecule has 0 bridgehead atoms. The molecule has 2 rings (SSSR count). The maximum Gasteiger partial charge on any atom is 0.267 e. The lowest BCUT2D eigenvalue weighted by atomic mass is 10.1. The van der Waals surface area contributed by atoms with Crippen LogP contribution in [0.2, 0.25) is 0 Å². The number of carbonyl (C=O) groups is 2. The number of amides is 2. The Morgan fingerprint density at radius 2 is 2.05 bits per heavy atom. The molecule has 0 saturated carbocycles. The van der Waals surface area contributed by atoms with Gasteiger partial charge >= 0.3 is 0 Å². The van der Waals surface area contributed by atoms with Crippen molar-refractivity contribution >= 4 is 17.5 Å². The zero-order chi connectivity index (χ0) is 15.8. The van der Waals surface area contributed by atoms with Gasteiger partial charge in [-0.05, 0) is 45.4 Å². The van der Waals surface area contributed by atoms with Crippen molar-refractivity contribution in [2.45, 2.75) is 45.8 Å². The van der Waals surface area contributed by atoms with Crippen LogP contribution in [0.4, 0.5) is 5.69 Å². The van der Waals surface area contributed by atoms with Crippen molar-refractivity contribution in [1.29, 1.82) is 0 Å². The molecule has 1 N–H and O–H groups in total. The van der Waals surface area contributed by atoms with E-state index in [0.29, 0.717) is 11.4 Å². The molecular formula is C16H22N2O3. The minimum absolute atomic E-state index is 0.0403. The third kappa shape index (κ3) is 3.54. The third-order valence-electron chi connectivity index (χ3n) is 3.25. The van der Waals surface area contributed by atoms with E-state index in [-0.39, 0.29) is 23.8 Å². The van der Waals surface area contributed by atoms with Crippen molar-refractivity contribution in [3.8, 4) is 5.75 Å². The minimum Gasteiger partial charge on any atom is -0.479 e. The molecule has 5 nitrogen and oxygen atoms in total. The lowest BCUT2D eigenvalue weighted by Gasteiger charge is -2.30. The van der Waals surface area contributed by atoms with Gasteiger partial charge in [0.1, 0.15) is 5.75 Å². The summed E-state index contributed by atoms with van der Waals surface area (Å²) in [6, 6.07) is 5.51. The molecule has 1 aliphatic heterocycles. The fourth-order valence-electron chi connectivity index (χ4n) is 2.31. The predicted octanol–water partition coefficient (Wildman–Crippen LogP) is 1.89. The fourth-order valence-corrected chi connectivity index (χ4v) is 2.31.